The molecule has 3 aromatic rings. The Labute approximate surface area is 141 Å². The van der Waals surface area contributed by atoms with Crippen LogP contribution in [0.4, 0.5) is 5.82 Å². The fourth-order valence-corrected chi connectivity index (χ4v) is 3.46. The van der Waals surface area contributed by atoms with Crippen LogP contribution in [-0.2, 0) is 0 Å². The molecule has 4 rings (SSSR count). The van der Waals surface area contributed by atoms with E-state index in [0.717, 1.165) is 53.1 Å². The summed E-state index contributed by atoms with van der Waals surface area (Å²) in [6, 6.07) is 0. The van der Waals surface area contributed by atoms with Crippen LogP contribution >= 0.6 is 15.9 Å². The van der Waals surface area contributed by atoms with Crippen molar-refractivity contribution in [3.63, 3.8) is 0 Å². The predicted octanol–water partition coefficient (Wildman–Crippen LogP) is 0.740. The van der Waals surface area contributed by atoms with Crippen LogP contribution in [0.25, 0.3) is 16.8 Å². The van der Waals surface area contributed by atoms with Crippen LogP contribution in [0.1, 0.15) is 11.6 Å². The fourth-order valence-electron chi connectivity index (χ4n) is 2.88. The van der Waals surface area contributed by atoms with Crippen molar-refractivity contribution in [2.24, 2.45) is 0 Å². The molecule has 0 radical (unpaired) electrons. The molecule has 23 heavy (non-hydrogen) atoms. The summed E-state index contributed by atoms with van der Waals surface area (Å²) in [4.78, 5) is 4.87. The highest BCUT2D eigenvalue weighted by Crippen LogP contribution is 2.32. The van der Waals surface area contributed by atoms with Crippen LogP contribution in [0, 0.1) is 0 Å². The number of nitrogen functional groups attached to an aromatic ring is 1. The second-order valence-corrected chi connectivity index (χ2v) is 6.38. The third kappa shape index (κ3) is 2.50. The molecule has 0 aromatic carbocycles. The molecule has 0 aliphatic carbocycles. The van der Waals surface area contributed by atoms with E-state index in [-0.39, 0.29) is 5.92 Å². The molecular formula is C14H17BrN8. The highest BCUT2D eigenvalue weighted by atomic mass is 79.9. The van der Waals surface area contributed by atoms with Gasteiger partial charge in [-0.3, -0.25) is 5.10 Å². The first kappa shape index (κ1) is 14.6. The molecule has 1 aliphatic heterocycles. The number of nitrogens with zero attached hydrogens (tertiary/aromatic N) is 4. The standard InChI is InChI=1S/C14H17BrN8/c15-11-12(9-3-17-1-2-18-4-9)22-14-10(8-5-19-20-6-8)7-21-23(14)13(11)16/h5-7,9,17-18H,1-4,16H2,(H,19,20). The molecule has 8 nitrogen and oxygen atoms in total. The number of aromatic amines is 1. The Bertz CT molecular complexity index is 817. The maximum absolute atomic E-state index is 6.28. The van der Waals surface area contributed by atoms with Crippen LogP contribution in [0.15, 0.2) is 23.1 Å². The van der Waals surface area contributed by atoms with Gasteiger partial charge in [0, 0.05) is 49.4 Å². The van der Waals surface area contributed by atoms with Gasteiger partial charge in [0.1, 0.15) is 5.82 Å². The van der Waals surface area contributed by atoms with Crippen molar-refractivity contribution in [1.82, 2.24) is 35.4 Å². The van der Waals surface area contributed by atoms with Gasteiger partial charge in [-0.2, -0.15) is 14.7 Å². The first-order chi connectivity index (χ1) is 11.3. The van der Waals surface area contributed by atoms with Gasteiger partial charge in [0.25, 0.3) is 0 Å². The van der Waals surface area contributed by atoms with Gasteiger partial charge in [-0.1, -0.05) is 0 Å². The van der Waals surface area contributed by atoms with Gasteiger partial charge >= 0.3 is 0 Å². The van der Waals surface area contributed by atoms with Crippen molar-refractivity contribution in [2.75, 3.05) is 31.9 Å². The number of nitrogens with one attached hydrogen (secondary N) is 3. The summed E-state index contributed by atoms with van der Waals surface area (Å²) in [5.41, 5.74) is 9.82. The van der Waals surface area contributed by atoms with E-state index in [9.17, 15) is 0 Å². The second-order valence-electron chi connectivity index (χ2n) is 5.58. The Kier molecular flexibility index (Phi) is 3.76. The highest BCUT2D eigenvalue weighted by molar-refractivity contribution is 9.10. The number of hydrogen-bond acceptors (Lipinski definition) is 6. The largest absolute Gasteiger partial charge is 0.383 e. The lowest BCUT2D eigenvalue weighted by atomic mass is 10.1. The third-order valence-electron chi connectivity index (χ3n) is 4.10. The van der Waals surface area contributed by atoms with Crippen molar-refractivity contribution in [3.05, 3.63) is 28.8 Å². The molecule has 4 heterocycles. The average Bonchev–Trinajstić information content (AvgIpc) is 3.14. The monoisotopic (exact) mass is 376 g/mol. The zero-order valence-corrected chi connectivity index (χ0v) is 14.0. The molecule has 0 unspecified atom stereocenters. The Balaban J connectivity index is 1.87. The molecule has 0 atom stereocenters. The van der Waals surface area contributed by atoms with E-state index in [2.05, 4.69) is 41.9 Å². The minimum Gasteiger partial charge on any atom is -0.383 e. The lowest BCUT2D eigenvalue weighted by molar-refractivity contribution is 0.610. The van der Waals surface area contributed by atoms with Crippen molar-refractivity contribution in [2.45, 2.75) is 5.92 Å². The van der Waals surface area contributed by atoms with Gasteiger partial charge in [0.2, 0.25) is 0 Å². The SMILES string of the molecule is Nc1c(Br)c(C2CNCCNC2)nc2c(-c3cn[nH]c3)cnn12. The van der Waals surface area contributed by atoms with Crippen LogP contribution in [-0.4, -0.2) is 51.0 Å². The molecule has 1 saturated heterocycles. The molecule has 3 aromatic heterocycles. The van der Waals surface area contributed by atoms with E-state index in [1.165, 1.54) is 0 Å². The normalized spacial score (nSPS) is 16.7. The second kappa shape index (κ2) is 5.91. The minimum atomic E-state index is 0.242. The summed E-state index contributed by atoms with van der Waals surface area (Å²) < 4.78 is 2.47. The van der Waals surface area contributed by atoms with E-state index in [4.69, 9.17) is 10.7 Å². The quantitative estimate of drug-likeness (QED) is 0.525. The van der Waals surface area contributed by atoms with Crippen LogP contribution in [0.3, 0.4) is 0 Å². The summed E-state index contributed by atoms with van der Waals surface area (Å²) in [6.45, 7) is 3.64. The van der Waals surface area contributed by atoms with Crippen LogP contribution < -0.4 is 16.4 Å². The van der Waals surface area contributed by atoms with Gasteiger partial charge in [-0.15, -0.1) is 0 Å². The van der Waals surface area contributed by atoms with Gasteiger partial charge in [-0.25, -0.2) is 4.98 Å². The number of rotatable bonds is 2. The number of H-pyrrole nitrogens is 1. The number of fused-ring (bicyclic) bond motifs is 1. The van der Waals surface area contributed by atoms with E-state index >= 15 is 0 Å². The lowest BCUT2D eigenvalue weighted by Gasteiger charge is -2.17. The smallest absolute Gasteiger partial charge is 0.165 e. The van der Waals surface area contributed by atoms with E-state index in [0.29, 0.717) is 5.82 Å². The zero-order chi connectivity index (χ0) is 15.8. The zero-order valence-electron chi connectivity index (χ0n) is 12.4. The number of halogens is 1. The fraction of sp³-hybridized carbons (Fsp3) is 0.357. The third-order valence-corrected chi connectivity index (χ3v) is 4.92. The van der Waals surface area contributed by atoms with E-state index in [1.807, 2.05) is 6.20 Å². The first-order valence-electron chi connectivity index (χ1n) is 7.49. The molecule has 9 heteroatoms. The molecule has 1 fully saturated rings. The van der Waals surface area contributed by atoms with E-state index < -0.39 is 0 Å². The van der Waals surface area contributed by atoms with Crippen molar-refractivity contribution in [1.29, 1.82) is 0 Å². The summed E-state index contributed by atoms with van der Waals surface area (Å²) >= 11 is 3.60. The molecule has 120 valence electrons. The van der Waals surface area contributed by atoms with Gasteiger partial charge < -0.3 is 16.4 Å². The first-order valence-corrected chi connectivity index (χ1v) is 8.28. The van der Waals surface area contributed by atoms with Crippen molar-refractivity contribution >= 4 is 27.4 Å². The maximum atomic E-state index is 6.28. The molecule has 0 saturated carbocycles. The maximum Gasteiger partial charge on any atom is 0.165 e. The van der Waals surface area contributed by atoms with Crippen LogP contribution in [0.5, 0.6) is 0 Å². The Morgan fingerprint density at radius 1 is 1.22 bits per heavy atom. The minimum absolute atomic E-state index is 0.242. The number of hydrogen-bond donors (Lipinski definition) is 4. The van der Waals surface area contributed by atoms with Crippen molar-refractivity contribution < 1.29 is 0 Å². The van der Waals surface area contributed by atoms with Gasteiger partial charge in [0.15, 0.2) is 5.65 Å². The summed E-state index contributed by atoms with van der Waals surface area (Å²) in [6.07, 6.45) is 5.35. The van der Waals surface area contributed by atoms with E-state index in [1.54, 1.807) is 16.9 Å². The summed E-state index contributed by atoms with van der Waals surface area (Å²) in [5, 5.41) is 18.0. The lowest BCUT2D eigenvalue weighted by Crippen LogP contribution is -2.24. The predicted molar refractivity (Wildman–Crippen MR) is 91.2 cm³/mol. The summed E-state index contributed by atoms with van der Waals surface area (Å²) in [7, 11) is 0. The molecule has 0 amide bonds. The molecule has 1 aliphatic rings. The number of anilines is 1. The topological polar surface area (TPSA) is 109 Å². The number of aromatic nitrogens is 5. The Morgan fingerprint density at radius 2 is 2.00 bits per heavy atom. The molecule has 0 spiro atoms. The summed E-state index contributed by atoms with van der Waals surface area (Å²) in [5.74, 6) is 0.801. The molecule has 0 bridgehead atoms. The Hall–Kier alpha value is -1.97. The highest BCUT2D eigenvalue weighted by Gasteiger charge is 2.23. The van der Waals surface area contributed by atoms with Gasteiger partial charge in [0.05, 0.1) is 22.6 Å². The average molecular weight is 377 g/mol. The van der Waals surface area contributed by atoms with Crippen LogP contribution in [0.2, 0.25) is 0 Å². The van der Waals surface area contributed by atoms with Crippen molar-refractivity contribution in [3.8, 4) is 11.1 Å². The number of nitrogens with two attached hydrogens (primary N) is 1. The van der Waals surface area contributed by atoms with Gasteiger partial charge in [-0.05, 0) is 15.9 Å². The molecular weight excluding hydrogens is 360 g/mol. The molecule has 5 N–H and O–H groups in total. The Morgan fingerprint density at radius 3 is 2.70 bits per heavy atom.